The largest absolute Gasteiger partial charge is 0.480 e. The first-order valence-corrected chi connectivity index (χ1v) is 6.19. The van der Waals surface area contributed by atoms with Crippen LogP contribution in [0.3, 0.4) is 0 Å². The summed E-state index contributed by atoms with van der Waals surface area (Å²) in [6.07, 6.45) is -1.82. The Morgan fingerprint density at radius 3 is 2.37 bits per heavy atom. The van der Waals surface area contributed by atoms with Gasteiger partial charge in [-0.25, -0.2) is 4.79 Å². The van der Waals surface area contributed by atoms with E-state index >= 15 is 0 Å². The minimum absolute atomic E-state index is 0.131. The van der Waals surface area contributed by atoms with Gasteiger partial charge in [-0.1, -0.05) is 6.32 Å². The van der Waals surface area contributed by atoms with Gasteiger partial charge in [0.15, 0.2) is 0 Å². The van der Waals surface area contributed by atoms with Gasteiger partial charge >= 0.3 is 13.1 Å². The minimum atomic E-state index is -4.99. The Kier molecular flexibility index (Phi) is 4.15. The van der Waals surface area contributed by atoms with Gasteiger partial charge in [0.1, 0.15) is 11.3 Å². The number of ether oxygens (including phenoxy) is 2. The van der Waals surface area contributed by atoms with Crippen molar-refractivity contribution in [1.29, 1.82) is 0 Å². The Bertz CT molecular complexity index is 352. The lowest BCUT2D eigenvalue weighted by Gasteiger charge is -2.36. The van der Waals surface area contributed by atoms with E-state index in [4.69, 9.17) is 9.47 Å². The normalized spacial score (nSPS) is 23.6. The van der Waals surface area contributed by atoms with Crippen LogP contribution in [0.5, 0.6) is 0 Å². The van der Waals surface area contributed by atoms with Gasteiger partial charge < -0.3 is 22.4 Å². The van der Waals surface area contributed by atoms with Crippen molar-refractivity contribution in [2.75, 3.05) is 6.61 Å². The highest BCUT2D eigenvalue weighted by Crippen LogP contribution is 2.34. The van der Waals surface area contributed by atoms with Gasteiger partial charge in [-0.15, -0.1) is 0 Å². The predicted molar refractivity (Wildman–Crippen MR) is 65.8 cm³/mol. The molecule has 1 rings (SSSR count). The summed E-state index contributed by atoms with van der Waals surface area (Å²) in [6, 6.07) is -1.02. The van der Waals surface area contributed by atoms with Gasteiger partial charge in [-0.3, -0.25) is 4.90 Å². The van der Waals surface area contributed by atoms with Gasteiger partial charge in [-0.05, 0) is 34.6 Å². The molecule has 1 aliphatic heterocycles. The number of hydrogen-bond acceptors (Lipinski definition) is 3. The summed E-state index contributed by atoms with van der Waals surface area (Å²) in [6.45, 7) is 2.99. The molecule has 4 nitrogen and oxygen atoms in total. The number of carbonyl (C=O) groups is 1. The average molecular weight is 282 g/mol. The molecule has 0 aromatic rings. The Morgan fingerprint density at radius 1 is 1.42 bits per heavy atom. The number of amides is 1. The molecule has 1 aliphatic rings. The number of halogens is 3. The molecule has 1 amide bonds. The molecule has 19 heavy (non-hydrogen) atoms. The molecule has 1 saturated heterocycles. The zero-order chi connectivity index (χ0) is 15.1. The van der Waals surface area contributed by atoms with Crippen LogP contribution in [0.2, 0.25) is 6.32 Å². The molecular weight excluding hydrogens is 262 g/mol. The fourth-order valence-electron chi connectivity index (χ4n) is 2.05. The maximum absolute atomic E-state index is 12.6. The molecule has 0 aromatic carbocycles. The zero-order valence-corrected chi connectivity index (χ0v) is 11.9. The second kappa shape index (κ2) is 4.88. The van der Waals surface area contributed by atoms with E-state index in [2.05, 4.69) is 0 Å². The minimum Gasteiger partial charge on any atom is -0.449 e. The summed E-state index contributed by atoms with van der Waals surface area (Å²) in [5.41, 5.74) is -1.85. The van der Waals surface area contributed by atoms with Crippen LogP contribution >= 0.6 is 0 Å². The second-order valence-electron chi connectivity index (χ2n) is 6.21. The molecule has 8 heteroatoms. The van der Waals surface area contributed by atoms with Crippen molar-refractivity contribution in [3.63, 3.8) is 0 Å². The van der Waals surface area contributed by atoms with Crippen LogP contribution in [0.15, 0.2) is 0 Å². The summed E-state index contributed by atoms with van der Waals surface area (Å²) < 4.78 is 48.1. The quantitative estimate of drug-likeness (QED) is 0.730. The van der Waals surface area contributed by atoms with Crippen molar-refractivity contribution in [2.45, 2.75) is 58.3 Å². The number of rotatable bonds is 2. The van der Waals surface area contributed by atoms with Crippen molar-refractivity contribution in [3.05, 3.63) is 0 Å². The van der Waals surface area contributed by atoms with Crippen molar-refractivity contribution in [2.24, 2.45) is 0 Å². The maximum atomic E-state index is 12.6. The highest BCUT2D eigenvalue weighted by molar-refractivity contribution is 6.58. The highest BCUT2D eigenvalue weighted by atomic mass is 19.4. The first-order valence-electron chi connectivity index (χ1n) is 6.19. The van der Waals surface area contributed by atoms with Crippen LogP contribution in [-0.2, 0) is 9.47 Å². The molecule has 112 valence electrons. The van der Waals surface area contributed by atoms with E-state index in [0.29, 0.717) is 0 Å². The standard InChI is InChI=1S/C11H20BF3NO3/c1-10(2,3)19-9(17)16-8(6-12(13,14)15)7-18-11(16,4)5/h8H,6-7H2,1-5H3/q-1/t8-/m1/s1. The number of carbonyl (C=O) groups excluding carboxylic acids is 1. The van der Waals surface area contributed by atoms with Gasteiger partial charge in [0.25, 0.3) is 0 Å². The van der Waals surface area contributed by atoms with Crippen LogP contribution in [0.25, 0.3) is 0 Å². The topological polar surface area (TPSA) is 38.8 Å². The van der Waals surface area contributed by atoms with Crippen molar-refractivity contribution < 1.29 is 27.2 Å². The zero-order valence-electron chi connectivity index (χ0n) is 11.9. The summed E-state index contributed by atoms with van der Waals surface area (Å²) in [5, 5.41) is 0. The summed E-state index contributed by atoms with van der Waals surface area (Å²) in [7, 11) is 0. The molecule has 0 N–H and O–H groups in total. The number of nitrogens with zero attached hydrogens (tertiary/aromatic N) is 1. The van der Waals surface area contributed by atoms with Gasteiger partial charge in [0.2, 0.25) is 0 Å². The molecule has 0 unspecified atom stereocenters. The SMILES string of the molecule is CC(C)(C)OC(=O)N1[C@H](C[B-](F)(F)F)COC1(C)C. The molecule has 0 saturated carbocycles. The Hall–Kier alpha value is -0.915. The molecule has 0 bridgehead atoms. The molecule has 1 fully saturated rings. The summed E-state index contributed by atoms with van der Waals surface area (Å²) in [5.74, 6) is 0. The second-order valence-corrected chi connectivity index (χ2v) is 6.21. The Morgan fingerprint density at radius 2 is 1.95 bits per heavy atom. The van der Waals surface area contributed by atoms with Crippen molar-refractivity contribution in [3.8, 4) is 0 Å². The van der Waals surface area contributed by atoms with E-state index in [1.165, 1.54) is 0 Å². The number of hydrogen-bond donors (Lipinski definition) is 0. The predicted octanol–water partition coefficient (Wildman–Crippen LogP) is 3.21. The summed E-state index contributed by atoms with van der Waals surface area (Å²) >= 11 is 0. The van der Waals surface area contributed by atoms with E-state index in [-0.39, 0.29) is 6.61 Å². The molecule has 0 aromatic heterocycles. The fraction of sp³-hybridized carbons (Fsp3) is 0.909. The van der Waals surface area contributed by atoms with Crippen molar-refractivity contribution >= 4 is 13.1 Å². The van der Waals surface area contributed by atoms with E-state index in [9.17, 15) is 17.7 Å². The fourth-order valence-corrected chi connectivity index (χ4v) is 2.05. The first-order chi connectivity index (χ1) is 8.32. The van der Waals surface area contributed by atoms with E-state index in [0.717, 1.165) is 4.90 Å². The lowest BCUT2D eigenvalue weighted by atomic mass is 9.81. The smallest absolute Gasteiger partial charge is 0.449 e. The van der Waals surface area contributed by atoms with E-state index in [1.807, 2.05) is 0 Å². The highest BCUT2D eigenvalue weighted by Gasteiger charge is 2.47. The van der Waals surface area contributed by atoms with Crippen LogP contribution in [-0.4, -0.2) is 41.9 Å². The Labute approximate surface area is 111 Å². The van der Waals surface area contributed by atoms with Crippen LogP contribution in [0.1, 0.15) is 34.6 Å². The third kappa shape index (κ3) is 4.60. The van der Waals surface area contributed by atoms with Gasteiger partial charge in [0, 0.05) is 6.04 Å². The van der Waals surface area contributed by atoms with Crippen LogP contribution < -0.4 is 0 Å². The van der Waals surface area contributed by atoms with Gasteiger partial charge in [0.05, 0.1) is 6.61 Å². The lowest BCUT2D eigenvalue weighted by molar-refractivity contribution is -0.0619. The molecule has 0 spiro atoms. The van der Waals surface area contributed by atoms with Crippen LogP contribution in [0, 0.1) is 0 Å². The maximum Gasteiger partial charge on any atom is 0.480 e. The average Bonchev–Trinajstić information content (AvgIpc) is 2.34. The molecule has 1 atom stereocenters. The van der Waals surface area contributed by atoms with Crippen LogP contribution in [0.4, 0.5) is 17.7 Å². The third-order valence-corrected chi connectivity index (χ3v) is 2.70. The molecule has 0 aliphatic carbocycles. The van der Waals surface area contributed by atoms with Crippen molar-refractivity contribution in [1.82, 2.24) is 4.90 Å². The molecule has 1 heterocycles. The van der Waals surface area contributed by atoms with E-state index in [1.54, 1.807) is 34.6 Å². The first kappa shape index (κ1) is 16.1. The van der Waals surface area contributed by atoms with E-state index < -0.39 is 36.8 Å². The summed E-state index contributed by atoms with van der Waals surface area (Å²) in [4.78, 5) is 13.1. The molecular formula is C11H20BF3NO3-. The van der Waals surface area contributed by atoms with Gasteiger partial charge in [-0.2, -0.15) is 0 Å². The third-order valence-electron chi connectivity index (χ3n) is 2.70. The Balaban J connectivity index is 2.87. The molecule has 0 radical (unpaired) electrons. The lowest BCUT2D eigenvalue weighted by Crippen LogP contribution is -2.51. The monoisotopic (exact) mass is 282 g/mol.